The molecule has 1 aromatic heterocycles. The molecule has 0 atom stereocenters. The normalized spacial score (nSPS) is 10.7. The van der Waals surface area contributed by atoms with Gasteiger partial charge in [-0.25, -0.2) is 4.98 Å². The molecule has 2 N–H and O–H groups in total. The van der Waals surface area contributed by atoms with E-state index in [1.54, 1.807) is 6.20 Å². The minimum atomic E-state index is 0.436. The Bertz CT molecular complexity index is 843. The van der Waals surface area contributed by atoms with Crippen LogP contribution in [-0.2, 0) is 6.54 Å². The van der Waals surface area contributed by atoms with Crippen molar-refractivity contribution in [3.05, 3.63) is 77.5 Å². The third kappa shape index (κ3) is 4.57. The fourth-order valence-corrected chi connectivity index (χ4v) is 2.77. The maximum absolute atomic E-state index is 4.57. The van der Waals surface area contributed by atoms with Crippen LogP contribution in [0.3, 0.4) is 0 Å². The van der Waals surface area contributed by atoms with Gasteiger partial charge in [0.2, 0.25) is 5.95 Å². The second kappa shape index (κ2) is 7.79. The van der Waals surface area contributed by atoms with Gasteiger partial charge in [-0.05, 0) is 36.1 Å². The summed E-state index contributed by atoms with van der Waals surface area (Å²) in [6.07, 6.45) is 1.77. The van der Waals surface area contributed by atoms with Crippen LogP contribution in [0.4, 0.5) is 17.5 Å². The molecule has 3 rings (SSSR count). The van der Waals surface area contributed by atoms with E-state index >= 15 is 0 Å². The number of aryl methyl sites for hydroxylation is 1. The molecular formula is C21H24N4. The van der Waals surface area contributed by atoms with Crippen molar-refractivity contribution in [1.29, 1.82) is 0 Å². The molecule has 0 aliphatic carbocycles. The van der Waals surface area contributed by atoms with Gasteiger partial charge in [-0.2, -0.15) is 4.98 Å². The van der Waals surface area contributed by atoms with Gasteiger partial charge < -0.3 is 10.6 Å². The van der Waals surface area contributed by atoms with Crippen LogP contribution >= 0.6 is 0 Å². The van der Waals surface area contributed by atoms with Crippen LogP contribution in [0.2, 0.25) is 0 Å². The van der Waals surface area contributed by atoms with Crippen LogP contribution < -0.4 is 10.6 Å². The molecule has 0 spiro atoms. The Morgan fingerprint density at radius 3 is 2.64 bits per heavy atom. The van der Waals surface area contributed by atoms with Gasteiger partial charge in [-0.15, -0.1) is 0 Å². The van der Waals surface area contributed by atoms with Crippen molar-refractivity contribution in [3.63, 3.8) is 0 Å². The number of nitrogens with one attached hydrogen (secondary N) is 2. The molecule has 0 unspecified atom stereocenters. The first kappa shape index (κ1) is 17.0. The highest BCUT2D eigenvalue weighted by atomic mass is 15.1. The van der Waals surface area contributed by atoms with Crippen molar-refractivity contribution >= 4 is 17.5 Å². The van der Waals surface area contributed by atoms with Crippen LogP contribution in [0, 0.1) is 6.92 Å². The molecule has 0 saturated heterocycles. The number of para-hydroxylation sites is 1. The van der Waals surface area contributed by atoms with Gasteiger partial charge >= 0.3 is 0 Å². The van der Waals surface area contributed by atoms with Crippen LogP contribution in [0.15, 0.2) is 60.8 Å². The predicted molar refractivity (Wildman–Crippen MR) is 104 cm³/mol. The number of anilines is 3. The average molecular weight is 332 g/mol. The van der Waals surface area contributed by atoms with E-state index in [9.17, 15) is 0 Å². The minimum absolute atomic E-state index is 0.436. The van der Waals surface area contributed by atoms with E-state index in [0.717, 1.165) is 18.1 Å². The first-order chi connectivity index (χ1) is 12.1. The summed E-state index contributed by atoms with van der Waals surface area (Å²) in [5.41, 5.74) is 4.80. The minimum Gasteiger partial charge on any atom is -0.366 e. The average Bonchev–Trinajstić information content (AvgIpc) is 2.61. The van der Waals surface area contributed by atoms with E-state index in [-0.39, 0.29) is 0 Å². The Hall–Kier alpha value is -2.88. The van der Waals surface area contributed by atoms with Gasteiger partial charge in [0.1, 0.15) is 5.82 Å². The molecule has 128 valence electrons. The van der Waals surface area contributed by atoms with E-state index in [2.05, 4.69) is 83.8 Å². The van der Waals surface area contributed by atoms with Crippen LogP contribution in [-0.4, -0.2) is 9.97 Å². The molecule has 0 fully saturated rings. The van der Waals surface area contributed by atoms with Crippen molar-refractivity contribution in [1.82, 2.24) is 9.97 Å². The third-order valence-electron chi connectivity index (χ3n) is 4.04. The highest BCUT2D eigenvalue weighted by Gasteiger charge is 2.07. The lowest BCUT2D eigenvalue weighted by Crippen LogP contribution is -2.05. The first-order valence-electron chi connectivity index (χ1n) is 8.60. The third-order valence-corrected chi connectivity index (χ3v) is 4.04. The molecule has 3 aromatic rings. The second-order valence-electron chi connectivity index (χ2n) is 6.48. The lowest BCUT2D eigenvalue weighted by molar-refractivity contribution is 0.868. The summed E-state index contributed by atoms with van der Waals surface area (Å²) in [4.78, 5) is 8.91. The SMILES string of the molecule is Cc1cccc(CNc2ccnc(Nc3ccccc3C(C)C)n2)c1. The highest BCUT2D eigenvalue weighted by molar-refractivity contribution is 5.60. The Balaban J connectivity index is 1.72. The summed E-state index contributed by atoms with van der Waals surface area (Å²) < 4.78 is 0. The van der Waals surface area contributed by atoms with Gasteiger partial charge in [0.25, 0.3) is 0 Å². The summed E-state index contributed by atoms with van der Waals surface area (Å²) in [6.45, 7) is 7.20. The lowest BCUT2D eigenvalue weighted by Gasteiger charge is -2.14. The molecule has 0 aliphatic heterocycles. The number of hydrogen-bond donors (Lipinski definition) is 2. The van der Waals surface area contributed by atoms with Crippen LogP contribution in [0.25, 0.3) is 0 Å². The van der Waals surface area contributed by atoms with Gasteiger partial charge in [0, 0.05) is 18.4 Å². The molecular weight excluding hydrogens is 308 g/mol. The standard InChI is InChI=1S/C21H24N4/c1-15(2)18-9-4-5-10-19(18)24-21-22-12-11-20(25-21)23-14-17-8-6-7-16(3)13-17/h4-13,15H,14H2,1-3H3,(H2,22,23,24,25). The Morgan fingerprint density at radius 2 is 1.84 bits per heavy atom. The molecule has 2 aromatic carbocycles. The molecule has 0 radical (unpaired) electrons. The predicted octanol–water partition coefficient (Wildman–Crippen LogP) is 5.26. The second-order valence-corrected chi connectivity index (χ2v) is 6.48. The first-order valence-corrected chi connectivity index (χ1v) is 8.60. The van der Waals surface area contributed by atoms with E-state index in [1.165, 1.54) is 16.7 Å². The van der Waals surface area contributed by atoms with Crippen molar-refractivity contribution in [2.24, 2.45) is 0 Å². The largest absolute Gasteiger partial charge is 0.366 e. The highest BCUT2D eigenvalue weighted by Crippen LogP contribution is 2.25. The fraction of sp³-hybridized carbons (Fsp3) is 0.238. The topological polar surface area (TPSA) is 49.8 Å². The van der Waals surface area contributed by atoms with E-state index in [4.69, 9.17) is 0 Å². The summed E-state index contributed by atoms with van der Waals surface area (Å²) in [5.74, 6) is 1.84. The lowest BCUT2D eigenvalue weighted by atomic mass is 10.0. The number of benzene rings is 2. The molecule has 4 heteroatoms. The zero-order valence-electron chi connectivity index (χ0n) is 15.0. The number of hydrogen-bond acceptors (Lipinski definition) is 4. The molecule has 0 saturated carbocycles. The summed E-state index contributed by atoms with van der Waals surface area (Å²) in [7, 11) is 0. The number of nitrogens with zero attached hydrogens (tertiary/aromatic N) is 2. The maximum atomic E-state index is 4.57. The van der Waals surface area contributed by atoms with Crippen molar-refractivity contribution < 1.29 is 0 Å². The van der Waals surface area contributed by atoms with Gasteiger partial charge in [0.05, 0.1) is 0 Å². The van der Waals surface area contributed by atoms with Gasteiger partial charge in [-0.1, -0.05) is 61.9 Å². The maximum Gasteiger partial charge on any atom is 0.229 e. The molecule has 25 heavy (non-hydrogen) atoms. The van der Waals surface area contributed by atoms with E-state index in [1.807, 2.05) is 12.1 Å². The van der Waals surface area contributed by atoms with Crippen LogP contribution in [0.5, 0.6) is 0 Å². The zero-order valence-corrected chi connectivity index (χ0v) is 15.0. The molecule has 1 heterocycles. The number of rotatable bonds is 6. The smallest absolute Gasteiger partial charge is 0.229 e. The van der Waals surface area contributed by atoms with Gasteiger partial charge in [0.15, 0.2) is 0 Å². The molecule has 0 bridgehead atoms. The van der Waals surface area contributed by atoms with Crippen molar-refractivity contribution in [3.8, 4) is 0 Å². The Labute approximate surface area is 149 Å². The van der Waals surface area contributed by atoms with E-state index in [0.29, 0.717) is 11.9 Å². The van der Waals surface area contributed by atoms with Gasteiger partial charge in [-0.3, -0.25) is 0 Å². The zero-order chi connectivity index (χ0) is 17.6. The summed E-state index contributed by atoms with van der Waals surface area (Å²) >= 11 is 0. The quantitative estimate of drug-likeness (QED) is 0.646. The monoisotopic (exact) mass is 332 g/mol. The summed E-state index contributed by atoms with van der Waals surface area (Å²) in [5, 5.41) is 6.70. The fourth-order valence-electron chi connectivity index (χ4n) is 2.77. The summed E-state index contributed by atoms with van der Waals surface area (Å²) in [6, 6.07) is 18.6. The van der Waals surface area contributed by atoms with E-state index < -0.39 is 0 Å². The Kier molecular flexibility index (Phi) is 5.29. The number of aromatic nitrogens is 2. The van der Waals surface area contributed by atoms with Crippen LogP contribution in [0.1, 0.15) is 36.5 Å². The molecule has 0 amide bonds. The molecule has 0 aliphatic rings. The van der Waals surface area contributed by atoms with Crippen molar-refractivity contribution in [2.75, 3.05) is 10.6 Å². The Morgan fingerprint density at radius 1 is 1.00 bits per heavy atom. The molecule has 4 nitrogen and oxygen atoms in total. The van der Waals surface area contributed by atoms with Crippen molar-refractivity contribution in [2.45, 2.75) is 33.2 Å².